The van der Waals surface area contributed by atoms with Crippen molar-refractivity contribution in [1.82, 2.24) is 4.31 Å². The first-order chi connectivity index (χ1) is 7.88. The quantitative estimate of drug-likeness (QED) is 0.742. The van der Waals surface area contributed by atoms with Crippen LogP contribution in [0.1, 0.15) is 20.3 Å². The Morgan fingerprint density at radius 1 is 1.53 bits per heavy atom. The number of rotatable bonds is 5. The maximum Gasteiger partial charge on any atom is 0.234 e. The van der Waals surface area contributed by atoms with Gasteiger partial charge in [0.1, 0.15) is 5.72 Å². The molecule has 17 heavy (non-hydrogen) atoms. The zero-order valence-corrected chi connectivity index (χ0v) is 11.3. The van der Waals surface area contributed by atoms with Gasteiger partial charge in [0.2, 0.25) is 10.0 Å². The average molecular weight is 260 g/mol. The van der Waals surface area contributed by atoms with Gasteiger partial charge in [0.25, 0.3) is 0 Å². The molecule has 0 amide bonds. The van der Waals surface area contributed by atoms with E-state index in [2.05, 4.69) is 0 Å². The third-order valence-electron chi connectivity index (χ3n) is 2.82. The second kappa shape index (κ2) is 5.20. The van der Waals surface area contributed by atoms with E-state index in [0.29, 0.717) is 18.7 Å². The first-order valence-electron chi connectivity index (χ1n) is 5.62. The third-order valence-corrected chi connectivity index (χ3v) is 4.69. The van der Waals surface area contributed by atoms with Crippen LogP contribution in [-0.4, -0.2) is 37.9 Å². The van der Waals surface area contributed by atoms with Crippen LogP contribution >= 0.6 is 0 Å². The van der Waals surface area contributed by atoms with Gasteiger partial charge in [0, 0.05) is 25.8 Å². The highest BCUT2D eigenvalue weighted by molar-refractivity contribution is 7.89. The van der Waals surface area contributed by atoms with Crippen molar-refractivity contribution in [3.8, 4) is 0 Å². The summed E-state index contributed by atoms with van der Waals surface area (Å²) in [5.41, 5.74) is 5.72. The second-order valence-electron chi connectivity index (χ2n) is 3.89. The number of sulfonamides is 1. The molecule has 0 saturated carbocycles. The molecule has 1 unspecified atom stereocenters. The second-order valence-corrected chi connectivity index (χ2v) is 6.07. The number of allylic oxidation sites excluding steroid dienone is 1. The number of methoxy groups -OCH3 is 1. The normalized spacial score (nSPS) is 24.6. The Morgan fingerprint density at radius 3 is 2.53 bits per heavy atom. The summed E-state index contributed by atoms with van der Waals surface area (Å²) >= 11 is 0. The summed E-state index contributed by atoms with van der Waals surface area (Å²) in [6, 6.07) is 0. The summed E-state index contributed by atoms with van der Waals surface area (Å²) < 4.78 is 30.2. The minimum absolute atomic E-state index is 0.0874. The monoisotopic (exact) mass is 260 g/mol. The van der Waals surface area contributed by atoms with E-state index >= 15 is 0 Å². The van der Waals surface area contributed by atoms with Crippen LogP contribution in [0, 0.1) is 0 Å². The molecule has 0 heterocycles. The predicted molar refractivity (Wildman–Crippen MR) is 67.6 cm³/mol. The van der Waals surface area contributed by atoms with E-state index in [4.69, 9.17) is 10.5 Å². The molecule has 1 rings (SSSR count). The Morgan fingerprint density at radius 2 is 2.18 bits per heavy atom. The summed E-state index contributed by atoms with van der Waals surface area (Å²) in [6.45, 7) is 3.85. The fraction of sp³-hybridized carbons (Fsp3) is 0.636. The molecule has 0 aromatic carbocycles. The third kappa shape index (κ3) is 3.08. The zero-order chi connectivity index (χ0) is 13.1. The number of likely N-dealkylation sites (N-methyl/N-ethyl adjacent to an activating group) is 1. The van der Waals surface area contributed by atoms with Crippen LogP contribution in [0.3, 0.4) is 0 Å². The lowest BCUT2D eigenvalue weighted by Crippen LogP contribution is -2.41. The minimum atomic E-state index is -3.22. The molecule has 1 atom stereocenters. The van der Waals surface area contributed by atoms with Gasteiger partial charge < -0.3 is 4.74 Å². The molecular formula is C11H20N2O3S. The highest BCUT2D eigenvalue weighted by Crippen LogP contribution is 2.23. The van der Waals surface area contributed by atoms with Crippen molar-refractivity contribution in [2.75, 3.05) is 19.4 Å². The van der Waals surface area contributed by atoms with Gasteiger partial charge in [-0.3, -0.25) is 10.0 Å². The Hall–Kier alpha value is -0.850. The fourth-order valence-electron chi connectivity index (χ4n) is 1.66. The van der Waals surface area contributed by atoms with Gasteiger partial charge in [-0.1, -0.05) is 6.08 Å². The van der Waals surface area contributed by atoms with Crippen molar-refractivity contribution in [3.05, 3.63) is 23.9 Å². The lowest BCUT2D eigenvalue weighted by atomic mass is 10.0. The summed E-state index contributed by atoms with van der Waals surface area (Å²) in [6.07, 6.45) is 5.64. The van der Waals surface area contributed by atoms with Crippen LogP contribution in [-0.2, 0) is 14.8 Å². The van der Waals surface area contributed by atoms with Crippen LogP contribution in [0.2, 0.25) is 0 Å². The van der Waals surface area contributed by atoms with Crippen molar-refractivity contribution in [2.45, 2.75) is 26.0 Å². The molecule has 0 radical (unpaired) electrons. The first kappa shape index (κ1) is 14.2. The maximum atomic E-state index is 11.8. The lowest BCUT2D eigenvalue weighted by Gasteiger charge is -2.30. The van der Waals surface area contributed by atoms with Crippen molar-refractivity contribution >= 4 is 10.0 Å². The highest BCUT2D eigenvalue weighted by atomic mass is 32.2. The molecule has 1 aliphatic rings. The van der Waals surface area contributed by atoms with E-state index in [-0.39, 0.29) is 5.75 Å². The average Bonchev–Trinajstić information content (AvgIpc) is 2.32. The van der Waals surface area contributed by atoms with Crippen molar-refractivity contribution < 1.29 is 13.2 Å². The molecule has 0 aliphatic heterocycles. The van der Waals surface area contributed by atoms with Gasteiger partial charge in [-0.2, -0.15) is 0 Å². The van der Waals surface area contributed by atoms with Crippen LogP contribution in [0.4, 0.5) is 0 Å². The molecule has 98 valence electrons. The summed E-state index contributed by atoms with van der Waals surface area (Å²) in [5.74, 6) is 0.0874. The largest absolute Gasteiger partial charge is 0.360 e. The molecule has 0 aromatic rings. The number of nitrogens with two attached hydrogens (primary N) is 1. The highest BCUT2D eigenvalue weighted by Gasteiger charge is 2.26. The van der Waals surface area contributed by atoms with E-state index in [9.17, 15) is 8.42 Å². The molecule has 0 bridgehead atoms. The van der Waals surface area contributed by atoms with Gasteiger partial charge in [0.15, 0.2) is 0 Å². The standard InChI is InChI=1S/C11H20N2O3S/c1-4-13(17(14,15)5-2)10-6-8-11(12,16-3)9-7-10/h6-8H,4-5,9,12H2,1-3H3. The number of hydrogen-bond donors (Lipinski definition) is 1. The molecule has 0 aromatic heterocycles. The van der Waals surface area contributed by atoms with E-state index in [1.54, 1.807) is 25.2 Å². The van der Waals surface area contributed by atoms with Crippen LogP contribution in [0.15, 0.2) is 23.9 Å². The van der Waals surface area contributed by atoms with Crippen molar-refractivity contribution in [3.63, 3.8) is 0 Å². The molecule has 2 N–H and O–H groups in total. The summed E-state index contributed by atoms with van der Waals surface area (Å²) in [4.78, 5) is 0. The SMILES string of the molecule is CCN(C1=CCC(N)(OC)C=C1)S(=O)(=O)CC. The Balaban J connectivity index is 2.93. The van der Waals surface area contributed by atoms with E-state index < -0.39 is 15.7 Å². The van der Waals surface area contributed by atoms with E-state index in [1.165, 1.54) is 11.4 Å². The number of ether oxygens (including phenoxy) is 1. The molecular weight excluding hydrogens is 240 g/mol. The van der Waals surface area contributed by atoms with Crippen molar-refractivity contribution in [1.29, 1.82) is 0 Å². The number of nitrogens with zero attached hydrogens (tertiary/aromatic N) is 1. The molecule has 0 spiro atoms. The van der Waals surface area contributed by atoms with E-state index in [0.717, 1.165) is 0 Å². The van der Waals surface area contributed by atoms with Crippen LogP contribution in [0.25, 0.3) is 0 Å². The Labute approximate surface area is 103 Å². The molecule has 1 aliphatic carbocycles. The van der Waals surface area contributed by atoms with Gasteiger partial charge in [-0.25, -0.2) is 8.42 Å². The van der Waals surface area contributed by atoms with Crippen LogP contribution < -0.4 is 5.73 Å². The number of hydrogen-bond acceptors (Lipinski definition) is 4. The first-order valence-corrected chi connectivity index (χ1v) is 7.23. The van der Waals surface area contributed by atoms with Crippen LogP contribution in [0.5, 0.6) is 0 Å². The van der Waals surface area contributed by atoms with E-state index in [1.807, 2.05) is 6.92 Å². The van der Waals surface area contributed by atoms with Gasteiger partial charge in [0.05, 0.1) is 5.75 Å². The Bertz CT molecular complexity index is 428. The molecule has 6 heteroatoms. The fourth-order valence-corrected chi connectivity index (χ4v) is 2.82. The predicted octanol–water partition coefficient (Wildman–Crippen LogP) is 0.803. The molecule has 5 nitrogen and oxygen atoms in total. The smallest absolute Gasteiger partial charge is 0.234 e. The molecule has 0 saturated heterocycles. The van der Waals surface area contributed by atoms with Gasteiger partial charge in [-0.15, -0.1) is 0 Å². The van der Waals surface area contributed by atoms with Gasteiger partial charge in [-0.05, 0) is 26.0 Å². The molecule has 0 fully saturated rings. The minimum Gasteiger partial charge on any atom is -0.360 e. The Kier molecular flexibility index (Phi) is 4.35. The maximum absolute atomic E-state index is 11.8. The topological polar surface area (TPSA) is 72.6 Å². The van der Waals surface area contributed by atoms with Crippen molar-refractivity contribution in [2.24, 2.45) is 5.73 Å². The zero-order valence-electron chi connectivity index (χ0n) is 10.5. The summed E-state index contributed by atoms with van der Waals surface area (Å²) in [7, 11) is -1.69. The lowest BCUT2D eigenvalue weighted by molar-refractivity contribution is 0.0389. The summed E-state index contributed by atoms with van der Waals surface area (Å²) in [5, 5.41) is 0. The van der Waals surface area contributed by atoms with Gasteiger partial charge >= 0.3 is 0 Å².